The lowest BCUT2D eigenvalue weighted by Gasteiger charge is -2.39. The number of rotatable bonds is 1. The summed E-state index contributed by atoms with van der Waals surface area (Å²) in [6.07, 6.45) is 4.05. The number of carbonyl (C=O) groups excluding carboxylic acids is 1. The Morgan fingerprint density at radius 1 is 1.36 bits per heavy atom. The van der Waals surface area contributed by atoms with Crippen molar-refractivity contribution in [2.75, 3.05) is 13.1 Å². The summed E-state index contributed by atoms with van der Waals surface area (Å²) in [5.74, 6) is 0.0216. The van der Waals surface area contributed by atoms with Gasteiger partial charge >= 0.3 is 6.09 Å². The van der Waals surface area contributed by atoms with Crippen LogP contribution in [0, 0.1) is 0 Å². The lowest BCUT2D eigenvalue weighted by molar-refractivity contribution is 0.0544. The number of aromatic amines is 1. The molecule has 4 heterocycles. The van der Waals surface area contributed by atoms with E-state index in [-0.39, 0.29) is 11.9 Å². The zero-order valence-electron chi connectivity index (χ0n) is 12.0. The molecule has 0 saturated carbocycles. The molecule has 7 nitrogen and oxygen atoms in total. The molecule has 2 aliphatic heterocycles. The molecule has 2 aromatic rings. The van der Waals surface area contributed by atoms with Crippen LogP contribution in [0.2, 0.25) is 0 Å². The topological polar surface area (TPSA) is 89.5 Å². The maximum atomic E-state index is 12.8. The fourth-order valence-corrected chi connectivity index (χ4v) is 3.50. The van der Waals surface area contributed by atoms with Gasteiger partial charge in [-0.05, 0) is 24.5 Å². The largest absolute Gasteiger partial charge is 0.465 e. The first kappa shape index (κ1) is 13.1. The summed E-state index contributed by atoms with van der Waals surface area (Å²) in [6.45, 7) is 1.53. The summed E-state index contributed by atoms with van der Waals surface area (Å²) in [5, 5.41) is 9.95. The number of nitrogens with zero attached hydrogens (tertiary/aromatic N) is 3. The van der Waals surface area contributed by atoms with Crippen LogP contribution in [0.15, 0.2) is 18.5 Å². The molecule has 0 atom stereocenters. The third-order valence-corrected chi connectivity index (χ3v) is 4.66. The number of amides is 2. The number of H-pyrrole nitrogens is 1. The fraction of sp³-hybridized carbons (Fsp3) is 0.400. The molecule has 7 heteroatoms. The summed E-state index contributed by atoms with van der Waals surface area (Å²) in [4.78, 5) is 34.4. The van der Waals surface area contributed by atoms with E-state index in [9.17, 15) is 9.59 Å². The molecule has 2 N–H and O–H groups in total. The Hall–Kier alpha value is -2.57. The summed E-state index contributed by atoms with van der Waals surface area (Å²) >= 11 is 0. The first-order valence-corrected chi connectivity index (χ1v) is 7.39. The van der Waals surface area contributed by atoms with Crippen molar-refractivity contribution < 1.29 is 14.7 Å². The highest BCUT2D eigenvalue weighted by atomic mass is 16.4. The molecule has 1 fully saturated rings. The SMILES string of the molecule is O=C(O)N1CCC(N2Cc3c[nH]c4nccc(c34)C2=O)CC1. The van der Waals surface area contributed by atoms with Gasteiger partial charge in [-0.1, -0.05) is 0 Å². The minimum absolute atomic E-state index is 0.0216. The normalized spacial score (nSPS) is 19.0. The quantitative estimate of drug-likeness (QED) is 0.838. The number of carbonyl (C=O) groups is 2. The summed E-state index contributed by atoms with van der Waals surface area (Å²) in [7, 11) is 0. The van der Waals surface area contributed by atoms with E-state index in [0.717, 1.165) is 16.6 Å². The molecule has 0 unspecified atom stereocenters. The van der Waals surface area contributed by atoms with Crippen LogP contribution < -0.4 is 0 Å². The molecule has 0 spiro atoms. The summed E-state index contributed by atoms with van der Waals surface area (Å²) < 4.78 is 0. The van der Waals surface area contributed by atoms with Gasteiger partial charge in [0.15, 0.2) is 0 Å². The van der Waals surface area contributed by atoms with Crippen molar-refractivity contribution in [2.45, 2.75) is 25.4 Å². The van der Waals surface area contributed by atoms with E-state index in [0.29, 0.717) is 38.0 Å². The first-order valence-electron chi connectivity index (χ1n) is 7.39. The maximum absolute atomic E-state index is 12.8. The van der Waals surface area contributed by atoms with E-state index < -0.39 is 6.09 Å². The predicted octanol–water partition coefficient (Wildman–Crippen LogP) is 1.66. The molecule has 2 aliphatic rings. The molecule has 0 aliphatic carbocycles. The third kappa shape index (κ3) is 1.85. The lowest BCUT2D eigenvalue weighted by Crippen LogP contribution is -2.49. The monoisotopic (exact) mass is 300 g/mol. The average molecular weight is 300 g/mol. The molecule has 2 aromatic heterocycles. The van der Waals surface area contributed by atoms with Crippen LogP contribution in [0.3, 0.4) is 0 Å². The molecule has 22 heavy (non-hydrogen) atoms. The van der Waals surface area contributed by atoms with Crippen LogP contribution in [0.1, 0.15) is 28.8 Å². The minimum Gasteiger partial charge on any atom is -0.465 e. The number of pyridine rings is 1. The minimum atomic E-state index is -0.882. The van der Waals surface area contributed by atoms with Crippen LogP contribution in [0.4, 0.5) is 4.79 Å². The molecule has 114 valence electrons. The Balaban J connectivity index is 1.61. The second-order valence-electron chi connectivity index (χ2n) is 5.83. The summed E-state index contributed by atoms with van der Waals surface area (Å²) in [5.41, 5.74) is 2.52. The molecular weight excluding hydrogens is 284 g/mol. The van der Waals surface area contributed by atoms with E-state index in [2.05, 4.69) is 9.97 Å². The molecule has 0 bridgehead atoms. The molecule has 2 amide bonds. The van der Waals surface area contributed by atoms with Gasteiger partial charge in [0.2, 0.25) is 0 Å². The Morgan fingerprint density at radius 2 is 2.14 bits per heavy atom. The van der Waals surface area contributed by atoms with Gasteiger partial charge in [-0.25, -0.2) is 9.78 Å². The second-order valence-corrected chi connectivity index (χ2v) is 5.83. The zero-order chi connectivity index (χ0) is 15.3. The number of aromatic nitrogens is 2. The number of hydrogen-bond donors (Lipinski definition) is 2. The van der Waals surface area contributed by atoms with Crippen LogP contribution in [0.5, 0.6) is 0 Å². The average Bonchev–Trinajstić information content (AvgIpc) is 2.95. The molecule has 1 saturated heterocycles. The summed E-state index contributed by atoms with van der Waals surface area (Å²) in [6, 6.07) is 1.86. The van der Waals surface area contributed by atoms with Gasteiger partial charge in [0.25, 0.3) is 5.91 Å². The zero-order valence-corrected chi connectivity index (χ0v) is 12.0. The van der Waals surface area contributed by atoms with Crippen LogP contribution in [0.25, 0.3) is 11.0 Å². The van der Waals surface area contributed by atoms with Crippen molar-refractivity contribution in [1.82, 2.24) is 19.8 Å². The van der Waals surface area contributed by atoms with Gasteiger partial charge in [0, 0.05) is 43.5 Å². The highest BCUT2D eigenvalue weighted by molar-refractivity contribution is 6.08. The van der Waals surface area contributed by atoms with Gasteiger partial charge in [-0.2, -0.15) is 0 Å². The van der Waals surface area contributed by atoms with Crippen molar-refractivity contribution >= 4 is 23.0 Å². The maximum Gasteiger partial charge on any atom is 0.407 e. The van der Waals surface area contributed by atoms with Crippen LogP contribution in [-0.2, 0) is 6.54 Å². The van der Waals surface area contributed by atoms with Gasteiger partial charge in [-0.3, -0.25) is 4.79 Å². The number of carboxylic acid groups (broad SMARTS) is 1. The highest BCUT2D eigenvalue weighted by Crippen LogP contribution is 2.31. The third-order valence-electron chi connectivity index (χ3n) is 4.66. The van der Waals surface area contributed by atoms with Crippen molar-refractivity contribution in [3.8, 4) is 0 Å². The second kappa shape index (κ2) is 4.72. The smallest absolute Gasteiger partial charge is 0.407 e. The first-order chi connectivity index (χ1) is 10.6. The highest BCUT2D eigenvalue weighted by Gasteiger charge is 2.34. The van der Waals surface area contributed by atoms with E-state index in [1.54, 1.807) is 12.3 Å². The predicted molar refractivity (Wildman–Crippen MR) is 78.6 cm³/mol. The van der Waals surface area contributed by atoms with Gasteiger partial charge in [-0.15, -0.1) is 0 Å². The Bertz CT molecular complexity index is 761. The molecule has 0 aromatic carbocycles. The Labute approximate surface area is 126 Å². The van der Waals surface area contributed by atoms with E-state index in [1.165, 1.54) is 4.90 Å². The van der Waals surface area contributed by atoms with Gasteiger partial charge in [0.1, 0.15) is 5.65 Å². The van der Waals surface area contributed by atoms with Crippen molar-refractivity contribution in [2.24, 2.45) is 0 Å². The Kier molecular flexibility index (Phi) is 2.82. The fourth-order valence-electron chi connectivity index (χ4n) is 3.50. The lowest BCUT2D eigenvalue weighted by atomic mass is 9.97. The molecular formula is C15H16N4O3. The van der Waals surface area contributed by atoms with Crippen molar-refractivity contribution in [3.63, 3.8) is 0 Å². The van der Waals surface area contributed by atoms with Crippen LogP contribution >= 0.6 is 0 Å². The number of hydrogen-bond acceptors (Lipinski definition) is 3. The van der Waals surface area contributed by atoms with Crippen molar-refractivity contribution in [3.05, 3.63) is 29.6 Å². The van der Waals surface area contributed by atoms with E-state index in [1.807, 2.05) is 11.1 Å². The number of piperidine rings is 1. The molecule has 0 radical (unpaired) electrons. The van der Waals surface area contributed by atoms with E-state index >= 15 is 0 Å². The van der Waals surface area contributed by atoms with Gasteiger partial charge < -0.3 is 19.9 Å². The number of nitrogens with one attached hydrogen (secondary N) is 1. The Morgan fingerprint density at radius 3 is 2.86 bits per heavy atom. The van der Waals surface area contributed by atoms with Crippen molar-refractivity contribution in [1.29, 1.82) is 0 Å². The van der Waals surface area contributed by atoms with Gasteiger partial charge in [0.05, 0.1) is 5.56 Å². The van der Waals surface area contributed by atoms with Crippen LogP contribution in [-0.4, -0.2) is 56.0 Å². The van der Waals surface area contributed by atoms with E-state index in [4.69, 9.17) is 5.11 Å². The number of likely N-dealkylation sites (tertiary alicyclic amines) is 1. The standard InChI is InChI=1S/C15H16N4O3/c20-14-11-1-4-16-13-12(11)9(7-17-13)8-19(14)10-2-5-18(6-3-10)15(21)22/h1,4,7,10H,2-3,5-6,8H2,(H,16,17)(H,21,22). The molecule has 4 rings (SSSR count).